The van der Waals surface area contributed by atoms with E-state index in [2.05, 4.69) is 5.32 Å². The molecule has 0 aromatic heterocycles. The molecule has 1 amide bonds. The molecule has 1 atom stereocenters. The normalized spacial score (nSPS) is 13.7. The summed E-state index contributed by atoms with van der Waals surface area (Å²) >= 11 is 0. The van der Waals surface area contributed by atoms with Gasteiger partial charge >= 0.3 is 5.97 Å². The maximum atomic E-state index is 13.4. The van der Waals surface area contributed by atoms with Crippen LogP contribution in [-0.4, -0.2) is 22.5 Å². The minimum Gasteiger partial charge on any atom is -0.480 e. The van der Waals surface area contributed by atoms with E-state index in [1.54, 1.807) is 6.92 Å². The number of carbonyl (C=O) groups is 2. The monoisotopic (exact) mass is 271 g/mol. The van der Waals surface area contributed by atoms with Crippen molar-refractivity contribution in [3.8, 4) is 0 Å². The molecule has 0 heterocycles. The first-order valence-electron chi connectivity index (χ1n) is 5.81. The number of carboxylic acid groups (broad SMARTS) is 1. The van der Waals surface area contributed by atoms with Crippen LogP contribution in [-0.2, 0) is 4.79 Å². The van der Waals surface area contributed by atoms with Gasteiger partial charge in [0.15, 0.2) is 0 Å². The van der Waals surface area contributed by atoms with Crippen LogP contribution in [0.4, 0.5) is 8.78 Å². The molecule has 0 aliphatic rings. The first kappa shape index (κ1) is 15.1. The topological polar surface area (TPSA) is 66.4 Å². The summed E-state index contributed by atoms with van der Waals surface area (Å²) in [6.45, 7) is 3.09. The van der Waals surface area contributed by atoms with Crippen molar-refractivity contribution < 1.29 is 23.5 Å². The molecule has 0 aliphatic carbocycles. The zero-order valence-electron chi connectivity index (χ0n) is 10.7. The maximum Gasteiger partial charge on any atom is 0.329 e. The highest BCUT2D eigenvalue weighted by Crippen LogP contribution is 2.16. The molecule has 4 nitrogen and oxygen atoms in total. The lowest BCUT2D eigenvalue weighted by molar-refractivity contribution is -0.144. The third kappa shape index (κ3) is 3.49. The predicted octanol–water partition coefficient (Wildman–Crippen LogP) is 2.34. The van der Waals surface area contributed by atoms with Crippen LogP contribution >= 0.6 is 0 Å². The van der Waals surface area contributed by atoms with Gasteiger partial charge in [0.05, 0.1) is 5.56 Å². The van der Waals surface area contributed by atoms with E-state index in [-0.39, 0.29) is 6.42 Å². The van der Waals surface area contributed by atoms with E-state index in [0.29, 0.717) is 6.42 Å². The number of nitrogens with one attached hydrogen (secondary N) is 1. The molecular weight excluding hydrogens is 256 g/mol. The molecule has 19 heavy (non-hydrogen) atoms. The Hall–Kier alpha value is -1.98. The summed E-state index contributed by atoms with van der Waals surface area (Å²) in [7, 11) is 0. The van der Waals surface area contributed by atoms with Gasteiger partial charge in [-0.2, -0.15) is 0 Å². The summed E-state index contributed by atoms with van der Waals surface area (Å²) in [4.78, 5) is 23.0. The van der Waals surface area contributed by atoms with Gasteiger partial charge in [0.2, 0.25) is 0 Å². The Balaban J connectivity index is 3.00. The Labute approximate surface area is 109 Å². The van der Waals surface area contributed by atoms with Gasteiger partial charge in [-0.1, -0.05) is 13.3 Å². The van der Waals surface area contributed by atoms with Gasteiger partial charge in [-0.25, -0.2) is 13.6 Å². The Bertz CT molecular complexity index is 505. The van der Waals surface area contributed by atoms with Crippen molar-refractivity contribution in [2.75, 3.05) is 0 Å². The number of benzene rings is 1. The summed E-state index contributed by atoms with van der Waals surface area (Å²) in [6.07, 6.45) is 0.708. The van der Waals surface area contributed by atoms with E-state index in [9.17, 15) is 18.4 Å². The van der Waals surface area contributed by atoms with Crippen molar-refractivity contribution in [1.29, 1.82) is 0 Å². The summed E-state index contributed by atoms with van der Waals surface area (Å²) < 4.78 is 26.4. The third-order valence-electron chi connectivity index (χ3n) is 2.78. The molecule has 0 bridgehead atoms. The van der Waals surface area contributed by atoms with Gasteiger partial charge in [0, 0.05) is 0 Å². The maximum absolute atomic E-state index is 13.4. The lowest BCUT2D eigenvalue weighted by Crippen LogP contribution is -2.52. The van der Waals surface area contributed by atoms with Gasteiger partial charge in [-0.15, -0.1) is 0 Å². The van der Waals surface area contributed by atoms with E-state index >= 15 is 0 Å². The molecule has 1 rings (SSSR count). The first-order valence-corrected chi connectivity index (χ1v) is 5.81. The van der Waals surface area contributed by atoms with Gasteiger partial charge in [-0.3, -0.25) is 4.79 Å². The molecule has 0 aliphatic heterocycles. The van der Waals surface area contributed by atoms with Crippen molar-refractivity contribution >= 4 is 11.9 Å². The number of hydrogen-bond acceptors (Lipinski definition) is 2. The molecule has 0 spiro atoms. The van der Waals surface area contributed by atoms with Crippen LogP contribution in [0.5, 0.6) is 0 Å². The van der Waals surface area contributed by atoms with E-state index in [0.717, 1.165) is 18.2 Å². The molecule has 1 aromatic rings. The molecule has 0 radical (unpaired) electrons. The SMILES string of the molecule is CCCC(C)(NC(=O)c1cc(F)ccc1F)C(=O)O. The molecule has 0 saturated heterocycles. The molecule has 1 unspecified atom stereocenters. The highest BCUT2D eigenvalue weighted by atomic mass is 19.1. The van der Waals surface area contributed by atoms with Gasteiger partial charge in [0.25, 0.3) is 5.91 Å². The summed E-state index contributed by atoms with van der Waals surface area (Å²) in [5.41, 5.74) is -2.02. The fourth-order valence-corrected chi connectivity index (χ4v) is 1.71. The van der Waals surface area contributed by atoms with Gasteiger partial charge in [-0.05, 0) is 31.5 Å². The van der Waals surface area contributed by atoms with Crippen molar-refractivity contribution in [1.82, 2.24) is 5.32 Å². The van der Waals surface area contributed by atoms with E-state index in [1.807, 2.05) is 0 Å². The number of carboxylic acids is 1. The van der Waals surface area contributed by atoms with E-state index in [4.69, 9.17) is 5.11 Å². The summed E-state index contributed by atoms with van der Waals surface area (Å²) in [6, 6.07) is 2.44. The average molecular weight is 271 g/mol. The van der Waals surface area contributed by atoms with Crippen LogP contribution in [0.25, 0.3) is 0 Å². The highest BCUT2D eigenvalue weighted by Gasteiger charge is 2.34. The van der Waals surface area contributed by atoms with Crippen molar-refractivity contribution in [2.45, 2.75) is 32.2 Å². The Morgan fingerprint density at radius 2 is 2.00 bits per heavy atom. The molecule has 6 heteroatoms. The number of hydrogen-bond donors (Lipinski definition) is 2. The van der Waals surface area contributed by atoms with E-state index < -0.39 is 34.6 Å². The molecule has 104 valence electrons. The number of rotatable bonds is 5. The summed E-state index contributed by atoms with van der Waals surface area (Å²) in [5.74, 6) is -3.84. The number of halogens is 2. The Morgan fingerprint density at radius 3 is 2.53 bits per heavy atom. The number of amides is 1. The van der Waals surface area contributed by atoms with Crippen LogP contribution in [0.3, 0.4) is 0 Å². The molecule has 1 aromatic carbocycles. The summed E-state index contributed by atoms with van der Waals surface area (Å²) in [5, 5.41) is 11.3. The second-order valence-corrected chi connectivity index (χ2v) is 4.47. The second-order valence-electron chi connectivity index (χ2n) is 4.47. The molecule has 0 saturated carbocycles. The minimum absolute atomic E-state index is 0.186. The van der Waals surface area contributed by atoms with Crippen LogP contribution in [0.1, 0.15) is 37.0 Å². The van der Waals surface area contributed by atoms with Crippen molar-refractivity contribution in [2.24, 2.45) is 0 Å². The standard InChI is InChI=1S/C13H15F2NO3/c1-3-6-13(2,12(18)19)16-11(17)9-7-8(14)4-5-10(9)15/h4-5,7H,3,6H2,1-2H3,(H,16,17)(H,18,19). The average Bonchev–Trinajstić information content (AvgIpc) is 2.32. The van der Waals surface area contributed by atoms with Crippen molar-refractivity contribution in [3.05, 3.63) is 35.4 Å². The van der Waals surface area contributed by atoms with Crippen LogP contribution in [0.15, 0.2) is 18.2 Å². The van der Waals surface area contributed by atoms with E-state index in [1.165, 1.54) is 6.92 Å². The predicted molar refractivity (Wildman–Crippen MR) is 64.8 cm³/mol. The Morgan fingerprint density at radius 1 is 1.37 bits per heavy atom. The number of carbonyl (C=O) groups excluding carboxylic acids is 1. The van der Waals surface area contributed by atoms with Gasteiger partial charge in [0.1, 0.15) is 17.2 Å². The van der Waals surface area contributed by atoms with Crippen LogP contribution in [0, 0.1) is 11.6 Å². The second kappa shape index (κ2) is 5.77. The molecular formula is C13H15F2NO3. The van der Waals surface area contributed by atoms with Crippen LogP contribution in [0.2, 0.25) is 0 Å². The van der Waals surface area contributed by atoms with Crippen LogP contribution < -0.4 is 5.32 Å². The third-order valence-corrected chi connectivity index (χ3v) is 2.78. The minimum atomic E-state index is -1.51. The van der Waals surface area contributed by atoms with Gasteiger partial charge < -0.3 is 10.4 Å². The highest BCUT2D eigenvalue weighted by molar-refractivity contribution is 5.97. The lowest BCUT2D eigenvalue weighted by atomic mass is 9.95. The fraction of sp³-hybridized carbons (Fsp3) is 0.385. The quantitative estimate of drug-likeness (QED) is 0.863. The zero-order valence-corrected chi connectivity index (χ0v) is 10.7. The van der Waals surface area contributed by atoms with Crippen molar-refractivity contribution in [3.63, 3.8) is 0 Å². The molecule has 0 fully saturated rings. The number of aliphatic carboxylic acids is 1. The largest absolute Gasteiger partial charge is 0.480 e. The smallest absolute Gasteiger partial charge is 0.329 e. The fourth-order valence-electron chi connectivity index (χ4n) is 1.71. The zero-order chi connectivity index (χ0) is 14.6. The lowest BCUT2D eigenvalue weighted by Gasteiger charge is -2.25. The first-order chi connectivity index (χ1) is 8.80. The molecule has 2 N–H and O–H groups in total. The Kier molecular flexibility index (Phi) is 4.58.